The van der Waals surface area contributed by atoms with Gasteiger partial charge < -0.3 is 21.1 Å². The summed E-state index contributed by atoms with van der Waals surface area (Å²) < 4.78 is 19.4. The molecule has 0 aliphatic heterocycles. The summed E-state index contributed by atoms with van der Waals surface area (Å²) in [5.41, 5.74) is 11.6. The molecule has 166 valence electrons. The van der Waals surface area contributed by atoms with Gasteiger partial charge in [-0.05, 0) is 30.2 Å². The molecule has 2 unspecified atom stereocenters. The zero-order chi connectivity index (χ0) is 23.2. The topological polar surface area (TPSA) is 150 Å². The number of aliphatic carboxylic acids is 1. The average molecular weight is 446 g/mol. The van der Waals surface area contributed by atoms with Crippen molar-refractivity contribution in [2.75, 3.05) is 6.61 Å². The fourth-order valence-electron chi connectivity index (χ4n) is 2.97. The van der Waals surface area contributed by atoms with Gasteiger partial charge in [-0.2, -0.15) is 0 Å². The molecule has 2 aromatic rings. The SMILES string of the molecule is CC(C)[C@H](N)C(=O)C(C(=O)O)C(N)C(=O)COP(=O)(c1ccccc1)c1ccccc1. The molecule has 5 N–H and O–H groups in total. The van der Waals surface area contributed by atoms with Gasteiger partial charge in [0.05, 0.1) is 12.1 Å². The summed E-state index contributed by atoms with van der Waals surface area (Å²) >= 11 is 0. The van der Waals surface area contributed by atoms with Crippen LogP contribution in [0.3, 0.4) is 0 Å². The largest absolute Gasteiger partial charge is 0.481 e. The van der Waals surface area contributed by atoms with Crippen LogP contribution in [0, 0.1) is 11.8 Å². The van der Waals surface area contributed by atoms with Crippen LogP contribution in [0.25, 0.3) is 0 Å². The van der Waals surface area contributed by atoms with E-state index in [1.54, 1.807) is 74.5 Å². The molecule has 0 saturated carbocycles. The van der Waals surface area contributed by atoms with E-state index in [0.717, 1.165) is 0 Å². The summed E-state index contributed by atoms with van der Waals surface area (Å²) in [5.74, 6) is -5.39. The third kappa shape index (κ3) is 5.74. The second kappa shape index (κ2) is 10.6. The normalized spacial score (nSPS) is 14.6. The average Bonchev–Trinajstić information content (AvgIpc) is 2.77. The molecular weight excluding hydrogens is 419 g/mol. The third-order valence-corrected chi connectivity index (χ3v) is 7.38. The molecule has 0 spiro atoms. The van der Waals surface area contributed by atoms with Crippen molar-refractivity contribution in [3.63, 3.8) is 0 Å². The van der Waals surface area contributed by atoms with Crippen molar-refractivity contribution in [3.8, 4) is 0 Å². The minimum atomic E-state index is -3.66. The van der Waals surface area contributed by atoms with Crippen LogP contribution in [0.15, 0.2) is 60.7 Å². The molecule has 8 nitrogen and oxygen atoms in total. The highest BCUT2D eigenvalue weighted by Gasteiger charge is 2.40. The Morgan fingerprint density at radius 3 is 1.74 bits per heavy atom. The Bertz CT molecular complexity index is 921. The number of carbonyl (C=O) groups is 3. The second-order valence-electron chi connectivity index (χ2n) is 7.48. The first-order chi connectivity index (χ1) is 14.6. The number of nitrogens with two attached hydrogens (primary N) is 2. The Hall–Kier alpha value is -2.64. The molecular formula is C22H27N2O6P. The highest BCUT2D eigenvalue weighted by atomic mass is 31.2. The maximum atomic E-state index is 13.8. The van der Waals surface area contributed by atoms with Gasteiger partial charge in [0.1, 0.15) is 12.5 Å². The van der Waals surface area contributed by atoms with Crippen LogP contribution in [-0.4, -0.2) is 41.3 Å². The molecule has 0 amide bonds. The number of ketones is 2. The summed E-state index contributed by atoms with van der Waals surface area (Å²) in [6, 6.07) is 13.9. The minimum absolute atomic E-state index is 0.329. The van der Waals surface area contributed by atoms with Gasteiger partial charge >= 0.3 is 5.97 Å². The second-order valence-corrected chi connectivity index (χ2v) is 9.87. The molecule has 0 saturated heterocycles. The van der Waals surface area contributed by atoms with Crippen molar-refractivity contribution in [3.05, 3.63) is 60.7 Å². The van der Waals surface area contributed by atoms with Gasteiger partial charge in [-0.3, -0.25) is 18.9 Å². The van der Waals surface area contributed by atoms with E-state index in [1.165, 1.54) is 0 Å². The lowest BCUT2D eigenvalue weighted by atomic mass is 9.85. The van der Waals surface area contributed by atoms with Gasteiger partial charge in [0.15, 0.2) is 11.6 Å². The Balaban J connectivity index is 2.27. The van der Waals surface area contributed by atoms with E-state index >= 15 is 0 Å². The summed E-state index contributed by atoms with van der Waals surface area (Å²) in [7, 11) is -3.66. The van der Waals surface area contributed by atoms with Gasteiger partial charge in [-0.25, -0.2) is 0 Å². The van der Waals surface area contributed by atoms with Crippen LogP contribution in [0.5, 0.6) is 0 Å². The molecule has 0 radical (unpaired) electrons. The fraction of sp³-hybridized carbons (Fsp3) is 0.318. The molecule has 0 aliphatic rings. The number of carboxylic acids is 1. The maximum Gasteiger partial charge on any atom is 0.316 e. The summed E-state index contributed by atoms with van der Waals surface area (Å²) in [4.78, 5) is 36.8. The minimum Gasteiger partial charge on any atom is -0.481 e. The summed E-state index contributed by atoms with van der Waals surface area (Å²) in [6.07, 6.45) is 0. The number of rotatable bonds is 11. The number of hydrogen-bond donors (Lipinski definition) is 3. The van der Waals surface area contributed by atoms with E-state index in [1.807, 2.05) is 0 Å². The van der Waals surface area contributed by atoms with Gasteiger partial charge in [0.2, 0.25) is 0 Å². The molecule has 2 rings (SSSR count). The Kier molecular flexibility index (Phi) is 8.42. The van der Waals surface area contributed by atoms with Crippen molar-refractivity contribution >= 4 is 35.5 Å². The zero-order valence-electron chi connectivity index (χ0n) is 17.4. The highest BCUT2D eigenvalue weighted by Crippen LogP contribution is 2.44. The summed E-state index contributed by atoms with van der Waals surface area (Å²) in [6.45, 7) is 2.60. The van der Waals surface area contributed by atoms with Crippen LogP contribution >= 0.6 is 7.37 Å². The van der Waals surface area contributed by atoms with E-state index in [2.05, 4.69) is 0 Å². The molecule has 0 heterocycles. The number of carbonyl (C=O) groups excluding carboxylic acids is 2. The number of benzene rings is 2. The molecule has 31 heavy (non-hydrogen) atoms. The lowest BCUT2D eigenvalue weighted by Crippen LogP contribution is -2.53. The van der Waals surface area contributed by atoms with Crippen LogP contribution in [0.4, 0.5) is 0 Å². The summed E-state index contributed by atoms with van der Waals surface area (Å²) in [5, 5.41) is 10.2. The van der Waals surface area contributed by atoms with E-state index < -0.39 is 49.5 Å². The van der Waals surface area contributed by atoms with Crippen molar-refractivity contribution in [2.45, 2.75) is 25.9 Å². The quantitative estimate of drug-likeness (QED) is 0.343. The monoisotopic (exact) mass is 446 g/mol. The molecule has 3 atom stereocenters. The fourth-order valence-corrected chi connectivity index (χ4v) is 5.01. The molecule has 0 aromatic heterocycles. The zero-order valence-corrected chi connectivity index (χ0v) is 18.3. The molecule has 0 fully saturated rings. The maximum absolute atomic E-state index is 13.8. The number of carboxylic acid groups (broad SMARTS) is 1. The van der Waals surface area contributed by atoms with Gasteiger partial charge in [-0.1, -0.05) is 50.2 Å². The first kappa shape index (κ1) is 24.6. The van der Waals surface area contributed by atoms with Gasteiger partial charge in [0.25, 0.3) is 7.37 Å². The van der Waals surface area contributed by atoms with Gasteiger partial charge in [0, 0.05) is 10.6 Å². The van der Waals surface area contributed by atoms with Crippen LogP contribution in [-0.2, 0) is 23.5 Å². The number of Topliss-reactive ketones (excluding diaryl/α,β-unsaturated/α-hetero) is 2. The standard InChI is InChI=1S/C22H27N2O6P/c1-14(2)19(23)21(26)18(22(27)28)20(24)17(25)13-30-31(29,15-9-5-3-6-10-15)16-11-7-4-8-12-16/h3-12,14,18-20H,13,23-24H2,1-2H3,(H,27,28)/t18?,19-,20?/m0/s1. The van der Waals surface area contributed by atoms with Crippen LogP contribution in [0.2, 0.25) is 0 Å². The highest BCUT2D eigenvalue weighted by molar-refractivity contribution is 7.74. The van der Waals surface area contributed by atoms with E-state index in [-0.39, 0.29) is 5.92 Å². The first-order valence-corrected chi connectivity index (χ1v) is 11.4. The van der Waals surface area contributed by atoms with E-state index in [9.17, 15) is 24.1 Å². The van der Waals surface area contributed by atoms with Crippen molar-refractivity contribution < 1.29 is 28.6 Å². The Morgan fingerprint density at radius 2 is 1.35 bits per heavy atom. The lowest BCUT2D eigenvalue weighted by molar-refractivity contribution is -0.150. The molecule has 0 bridgehead atoms. The molecule has 0 aliphatic carbocycles. The predicted molar refractivity (Wildman–Crippen MR) is 118 cm³/mol. The first-order valence-electron chi connectivity index (χ1n) is 9.75. The number of hydrogen-bond acceptors (Lipinski definition) is 7. The van der Waals surface area contributed by atoms with Crippen molar-refractivity contribution in [1.29, 1.82) is 0 Å². The lowest BCUT2D eigenvalue weighted by Gasteiger charge is -2.24. The van der Waals surface area contributed by atoms with Crippen LogP contribution in [0.1, 0.15) is 13.8 Å². The molecule has 2 aromatic carbocycles. The van der Waals surface area contributed by atoms with Gasteiger partial charge in [-0.15, -0.1) is 0 Å². The Labute approximate surface area is 181 Å². The van der Waals surface area contributed by atoms with Crippen LogP contribution < -0.4 is 22.1 Å². The Morgan fingerprint density at radius 1 is 0.903 bits per heavy atom. The van der Waals surface area contributed by atoms with Crippen molar-refractivity contribution in [1.82, 2.24) is 0 Å². The molecule has 9 heteroatoms. The van der Waals surface area contributed by atoms with E-state index in [0.29, 0.717) is 10.6 Å². The van der Waals surface area contributed by atoms with Crippen molar-refractivity contribution in [2.24, 2.45) is 23.3 Å². The van der Waals surface area contributed by atoms with E-state index in [4.69, 9.17) is 16.0 Å². The third-order valence-electron chi connectivity index (χ3n) is 4.93. The smallest absolute Gasteiger partial charge is 0.316 e. The predicted octanol–water partition coefficient (Wildman–Crippen LogP) is 1.08.